The Morgan fingerprint density at radius 1 is 1.21 bits per heavy atom. The lowest BCUT2D eigenvalue weighted by atomic mass is 10.6. The first-order valence-electron chi connectivity index (χ1n) is 4.84. The van der Waals surface area contributed by atoms with Gasteiger partial charge in [-0.3, -0.25) is 0 Å². The summed E-state index contributed by atoms with van der Waals surface area (Å²) in [7, 11) is 3.62. The Kier molecular flexibility index (Phi) is 6.74. The molecule has 1 saturated heterocycles. The molecule has 0 bridgehead atoms. The van der Waals surface area contributed by atoms with Crippen LogP contribution in [0.4, 0.5) is 4.79 Å². The van der Waals surface area contributed by atoms with Crippen LogP contribution in [-0.2, 0) is 11.2 Å². The molecular formula is C9H20N2O2S. The van der Waals surface area contributed by atoms with Crippen LogP contribution in [0.3, 0.4) is 0 Å². The van der Waals surface area contributed by atoms with Gasteiger partial charge in [0.05, 0.1) is 0 Å². The highest BCUT2D eigenvalue weighted by atomic mass is 32.2. The van der Waals surface area contributed by atoms with Crippen LogP contribution in [0.15, 0.2) is 0 Å². The van der Waals surface area contributed by atoms with E-state index in [1.54, 1.807) is 9.80 Å². The molecule has 1 rings (SSSR count). The van der Waals surface area contributed by atoms with E-state index in [9.17, 15) is 9.35 Å². The number of likely N-dealkylation sites (N-methyl/N-ethyl adjacent to an activating group) is 2. The lowest BCUT2D eigenvalue weighted by molar-refractivity contribution is 0.205. The molecule has 1 heterocycles. The minimum absolute atomic E-state index is 0.130. The van der Waals surface area contributed by atoms with E-state index < -0.39 is 11.2 Å². The molecule has 1 aliphatic heterocycles. The van der Waals surface area contributed by atoms with Crippen molar-refractivity contribution in [3.05, 3.63) is 0 Å². The Morgan fingerprint density at radius 2 is 1.57 bits per heavy atom. The molecule has 0 aliphatic carbocycles. The van der Waals surface area contributed by atoms with E-state index in [0.717, 1.165) is 24.6 Å². The summed E-state index contributed by atoms with van der Waals surface area (Å²) in [5, 5.41) is 0. The number of rotatable bonds is 2. The van der Waals surface area contributed by atoms with Crippen LogP contribution in [0.2, 0.25) is 0 Å². The van der Waals surface area contributed by atoms with E-state index in [1.165, 1.54) is 0 Å². The fourth-order valence-electron chi connectivity index (χ4n) is 0.987. The van der Waals surface area contributed by atoms with Gasteiger partial charge in [0, 0.05) is 27.2 Å². The second-order valence-corrected chi connectivity index (χ2v) is 5.18. The van der Waals surface area contributed by atoms with Crippen LogP contribution in [0, 0.1) is 0 Å². The molecule has 0 aromatic heterocycles. The Bertz CT molecular complexity index is 162. The first kappa shape index (κ1) is 13.6. The predicted octanol–water partition coefficient (Wildman–Crippen LogP) is 0.758. The molecule has 0 unspecified atom stereocenters. The van der Waals surface area contributed by atoms with Crippen molar-refractivity contribution in [2.75, 3.05) is 38.7 Å². The van der Waals surface area contributed by atoms with Gasteiger partial charge in [-0.15, -0.1) is 0 Å². The van der Waals surface area contributed by atoms with Crippen molar-refractivity contribution in [1.29, 1.82) is 0 Å². The number of hydrogen-bond donors (Lipinski definition) is 0. The smallest absolute Gasteiger partial charge is 0.319 e. The van der Waals surface area contributed by atoms with E-state index in [-0.39, 0.29) is 6.03 Å². The van der Waals surface area contributed by atoms with Gasteiger partial charge >= 0.3 is 6.03 Å². The third-order valence-electron chi connectivity index (χ3n) is 2.07. The minimum Gasteiger partial charge on any atom is -0.616 e. The summed E-state index contributed by atoms with van der Waals surface area (Å²) in [6.07, 6.45) is 0. The average molecular weight is 220 g/mol. The highest BCUT2D eigenvalue weighted by Gasteiger charge is 2.20. The van der Waals surface area contributed by atoms with E-state index in [2.05, 4.69) is 0 Å². The predicted molar refractivity (Wildman–Crippen MR) is 59.9 cm³/mol. The number of carbonyl (C=O) groups excluding carboxylic acids is 1. The van der Waals surface area contributed by atoms with Gasteiger partial charge in [-0.25, -0.2) is 4.79 Å². The van der Waals surface area contributed by atoms with Crippen molar-refractivity contribution in [3.8, 4) is 0 Å². The Morgan fingerprint density at radius 3 is 1.64 bits per heavy atom. The molecular weight excluding hydrogens is 200 g/mol. The van der Waals surface area contributed by atoms with Crippen molar-refractivity contribution >= 4 is 17.2 Å². The zero-order chi connectivity index (χ0) is 11.1. The Hall–Kier alpha value is -0.420. The van der Waals surface area contributed by atoms with Gasteiger partial charge in [0.15, 0.2) is 0 Å². The monoisotopic (exact) mass is 220 g/mol. The van der Waals surface area contributed by atoms with Gasteiger partial charge in [0.2, 0.25) is 0 Å². The molecule has 0 atom stereocenters. The number of hydrogen-bond acceptors (Lipinski definition) is 2. The van der Waals surface area contributed by atoms with Gasteiger partial charge < -0.3 is 14.4 Å². The highest BCUT2D eigenvalue weighted by molar-refractivity contribution is 7.91. The normalized spacial score (nSPS) is 16.0. The maximum Gasteiger partial charge on any atom is 0.319 e. The lowest BCUT2D eigenvalue weighted by Crippen LogP contribution is -2.25. The zero-order valence-electron chi connectivity index (χ0n) is 9.45. The summed E-state index contributed by atoms with van der Waals surface area (Å²) in [5.41, 5.74) is 0. The second-order valence-electron chi connectivity index (χ2n) is 3.14. The number of carbonyl (C=O) groups is 1. The highest BCUT2D eigenvalue weighted by Crippen LogP contribution is 2.00. The molecule has 0 saturated carbocycles. The third kappa shape index (κ3) is 4.72. The topological polar surface area (TPSA) is 46.6 Å². The van der Waals surface area contributed by atoms with Gasteiger partial charge in [-0.05, 0) is 13.8 Å². The molecule has 0 spiro atoms. The fourth-order valence-corrected chi connectivity index (χ4v) is 1.40. The number of amides is 2. The lowest BCUT2D eigenvalue weighted by Gasteiger charge is -2.07. The van der Waals surface area contributed by atoms with Crippen LogP contribution < -0.4 is 0 Å². The summed E-state index contributed by atoms with van der Waals surface area (Å²) in [6.45, 7) is 5.60. The second kappa shape index (κ2) is 6.95. The van der Waals surface area contributed by atoms with Crippen molar-refractivity contribution < 1.29 is 9.35 Å². The Labute approximate surface area is 89.4 Å². The maximum absolute atomic E-state index is 10.8. The summed E-state index contributed by atoms with van der Waals surface area (Å²) in [4.78, 5) is 14.2. The van der Waals surface area contributed by atoms with Gasteiger partial charge in [0.25, 0.3) is 0 Å². The van der Waals surface area contributed by atoms with Gasteiger partial charge in [-0.2, -0.15) is 0 Å². The minimum atomic E-state index is -0.534. The maximum atomic E-state index is 10.8. The largest absolute Gasteiger partial charge is 0.616 e. The van der Waals surface area contributed by atoms with Crippen molar-refractivity contribution in [2.24, 2.45) is 0 Å². The standard InChI is InChI=1S/C5H10N2O.C4H10OS/c1-6-3-4-7(2)5(6)8;1-3-6(5)4-2/h3-4H2,1-2H3;3-4H2,1-2H3. The van der Waals surface area contributed by atoms with Crippen molar-refractivity contribution in [2.45, 2.75) is 13.8 Å². The van der Waals surface area contributed by atoms with Gasteiger partial charge in [0.1, 0.15) is 11.5 Å². The molecule has 0 radical (unpaired) electrons. The summed E-state index contributed by atoms with van der Waals surface area (Å²) in [5.74, 6) is 1.60. The molecule has 14 heavy (non-hydrogen) atoms. The fraction of sp³-hybridized carbons (Fsp3) is 0.889. The first-order chi connectivity index (χ1) is 6.52. The molecule has 1 fully saturated rings. The molecule has 0 aromatic rings. The molecule has 0 aromatic carbocycles. The zero-order valence-corrected chi connectivity index (χ0v) is 10.3. The van der Waals surface area contributed by atoms with Crippen LogP contribution >= 0.6 is 0 Å². The van der Waals surface area contributed by atoms with Crippen LogP contribution in [-0.4, -0.2) is 59.1 Å². The summed E-state index contributed by atoms with van der Waals surface area (Å²) < 4.78 is 10.3. The third-order valence-corrected chi connectivity index (χ3v) is 3.36. The van der Waals surface area contributed by atoms with E-state index >= 15 is 0 Å². The quantitative estimate of drug-likeness (QED) is 0.645. The van der Waals surface area contributed by atoms with Crippen molar-refractivity contribution in [3.63, 3.8) is 0 Å². The Balaban J connectivity index is 0.000000255. The van der Waals surface area contributed by atoms with Gasteiger partial charge in [-0.1, -0.05) is 11.2 Å². The molecule has 4 nitrogen and oxygen atoms in total. The van der Waals surface area contributed by atoms with E-state index in [1.807, 2.05) is 27.9 Å². The van der Waals surface area contributed by atoms with Crippen LogP contribution in [0.5, 0.6) is 0 Å². The molecule has 5 heteroatoms. The summed E-state index contributed by atoms with van der Waals surface area (Å²) >= 11 is -0.534. The molecule has 1 aliphatic rings. The number of nitrogens with zero attached hydrogens (tertiary/aromatic N) is 2. The first-order valence-corrected chi connectivity index (χ1v) is 6.32. The molecule has 84 valence electrons. The van der Waals surface area contributed by atoms with Crippen LogP contribution in [0.1, 0.15) is 13.8 Å². The van der Waals surface area contributed by atoms with E-state index in [0.29, 0.717) is 0 Å². The molecule has 0 N–H and O–H groups in total. The summed E-state index contributed by atoms with van der Waals surface area (Å²) in [6, 6.07) is 0.130. The number of urea groups is 1. The van der Waals surface area contributed by atoms with E-state index in [4.69, 9.17) is 0 Å². The van der Waals surface area contributed by atoms with Crippen molar-refractivity contribution in [1.82, 2.24) is 9.80 Å². The van der Waals surface area contributed by atoms with Crippen LogP contribution in [0.25, 0.3) is 0 Å². The molecule has 2 amide bonds. The SMILES string of the molecule is CC[S+]([O-])CC.CN1CCN(C)C1=O. The average Bonchev–Trinajstić information content (AvgIpc) is 2.49.